The van der Waals surface area contributed by atoms with Crippen LogP contribution in [-0.4, -0.2) is 38.5 Å². The normalized spacial score (nSPS) is 12.8. The van der Waals surface area contributed by atoms with Crippen LogP contribution in [0.1, 0.15) is 25.6 Å². The number of hydrogen-bond donors (Lipinski definition) is 0. The summed E-state index contributed by atoms with van der Waals surface area (Å²) >= 11 is 12.6. The zero-order valence-corrected chi connectivity index (χ0v) is 18.7. The summed E-state index contributed by atoms with van der Waals surface area (Å²) in [6.07, 6.45) is 2.59. The first-order valence-corrected chi connectivity index (χ1v) is 10.8. The minimum Gasteiger partial charge on any atom is -0.478 e. The molecule has 0 N–H and O–H groups in total. The number of hydrogen-bond acceptors (Lipinski definition) is 7. The van der Waals surface area contributed by atoms with Gasteiger partial charge in [0.25, 0.3) is 0 Å². The van der Waals surface area contributed by atoms with E-state index in [0.717, 1.165) is 17.5 Å². The van der Waals surface area contributed by atoms with E-state index in [-0.39, 0.29) is 46.4 Å². The fraction of sp³-hybridized carbons (Fsp3) is 0.333. The number of esters is 1. The molecule has 1 aromatic carbocycles. The molecule has 168 valence electrons. The molecule has 3 aromatic rings. The Labute approximate surface area is 193 Å². The predicted molar refractivity (Wildman–Crippen MR) is 117 cm³/mol. The van der Waals surface area contributed by atoms with Gasteiger partial charge in [-0.25, -0.2) is 9.59 Å². The number of benzene rings is 1. The van der Waals surface area contributed by atoms with Crippen molar-refractivity contribution in [2.24, 2.45) is 0 Å². The van der Waals surface area contributed by atoms with Gasteiger partial charge in [-0.1, -0.05) is 35.3 Å². The third-order valence-electron chi connectivity index (χ3n) is 4.76. The van der Waals surface area contributed by atoms with Gasteiger partial charge in [-0.15, -0.1) is 5.10 Å². The lowest BCUT2D eigenvalue weighted by Crippen LogP contribution is -2.26. The molecule has 0 amide bonds. The summed E-state index contributed by atoms with van der Waals surface area (Å²) in [5.41, 5.74) is -0.319. The van der Waals surface area contributed by atoms with E-state index in [9.17, 15) is 9.59 Å². The topological polar surface area (TPSA) is 97.5 Å². The number of ether oxygens (including phenoxy) is 3. The first kappa shape index (κ1) is 22.2. The van der Waals surface area contributed by atoms with Crippen LogP contribution in [0.15, 0.2) is 35.1 Å². The summed E-state index contributed by atoms with van der Waals surface area (Å²) in [5.74, 6) is 0.879. The molecule has 1 aliphatic heterocycles. The summed E-state index contributed by atoms with van der Waals surface area (Å²) in [6.45, 7) is 2.29. The summed E-state index contributed by atoms with van der Waals surface area (Å²) in [5, 5.41) is 4.68. The highest BCUT2D eigenvalue weighted by Gasteiger charge is 2.22. The Bertz CT molecular complexity index is 1210. The third-order valence-corrected chi connectivity index (χ3v) is 5.31. The molecule has 0 aliphatic carbocycles. The van der Waals surface area contributed by atoms with Crippen molar-refractivity contribution in [3.8, 4) is 23.2 Å². The molecular weight excluding hydrogens is 459 g/mol. The minimum absolute atomic E-state index is 0.0103. The van der Waals surface area contributed by atoms with Crippen molar-refractivity contribution in [3.63, 3.8) is 0 Å². The van der Waals surface area contributed by atoms with E-state index in [2.05, 4.69) is 10.1 Å². The highest BCUT2D eigenvalue weighted by atomic mass is 35.5. The molecule has 32 heavy (non-hydrogen) atoms. The van der Waals surface area contributed by atoms with E-state index in [0.29, 0.717) is 24.5 Å². The molecule has 0 atom stereocenters. The number of carbonyl (C=O) groups is 1. The number of para-hydroxylation sites is 2. The number of fused-ring (bicyclic) bond motifs is 1. The van der Waals surface area contributed by atoms with Crippen LogP contribution >= 0.6 is 23.2 Å². The molecule has 0 unspecified atom stereocenters. The lowest BCUT2D eigenvalue weighted by atomic mass is 10.2. The molecule has 0 radical (unpaired) electrons. The molecule has 0 fully saturated rings. The van der Waals surface area contributed by atoms with Crippen molar-refractivity contribution in [2.75, 3.05) is 13.2 Å². The van der Waals surface area contributed by atoms with Crippen molar-refractivity contribution < 1.29 is 19.0 Å². The Morgan fingerprint density at radius 2 is 1.94 bits per heavy atom. The molecule has 3 heterocycles. The molecule has 0 spiro atoms. The van der Waals surface area contributed by atoms with Crippen LogP contribution in [0, 0.1) is 0 Å². The van der Waals surface area contributed by atoms with Crippen molar-refractivity contribution >= 4 is 29.2 Å². The molecule has 0 saturated heterocycles. The zero-order valence-electron chi connectivity index (χ0n) is 17.2. The second kappa shape index (κ2) is 9.62. The molecule has 11 heteroatoms. The average Bonchev–Trinajstić information content (AvgIpc) is 3.11. The molecule has 4 rings (SSSR count). The Morgan fingerprint density at radius 1 is 1.16 bits per heavy atom. The number of aryl methyl sites for hydroxylation is 1. The van der Waals surface area contributed by atoms with Crippen LogP contribution in [0.3, 0.4) is 0 Å². The van der Waals surface area contributed by atoms with Gasteiger partial charge in [-0.2, -0.15) is 9.67 Å². The second-order valence-electron chi connectivity index (χ2n) is 6.94. The van der Waals surface area contributed by atoms with Gasteiger partial charge in [0, 0.05) is 13.0 Å². The fourth-order valence-corrected chi connectivity index (χ4v) is 3.77. The maximum Gasteiger partial charge on any atom is 0.352 e. The predicted octanol–water partition coefficient (Wildman–Crippen LogP) is 3.81. The monoisotopic (exact) mass is 478 g/mol. The van der Waals surface area contributed by atoms with Gasteiger partial charge >= 0.3 is 11.7 Å². The van der Waals surface area contributed by atoms with Gasteiger partial charge in [0.2, 0.25) is 5.88 Å². The van der Waals surface area contributed by atoms with Gasteiger partial charge in [0.15, 0.2) is 23.9 Å². The van der Waals surface area contributed by atoms with Gasteiger partial charge < -0.3 is 14.2 Å². The van der Waals surface area contributed by atoms with E-state index >= 15 is 0 Å². The Hall–Kier alpha value is -3.04. The SMILES string of the molecule is CCOC(=O)COc1ccccc1Oc1nc(-n2nc3n(c2=O)CCCC3)c(Cl)cc1Cl. The first-order valence-electron chi connectivity index (χ1n) is 10.1. The third kappa shape index (κ3) is 4.58. The van der Waals surface area contributed by atoms with E-state index in [4.69, 9.17) is 37.4 Å². The Balaban J connectivity index is 1.65. The van der Waals surface area contributed by atoms with Crippen molar-refractivity contribution in [1.82, 2.24) is 19.3 Å². The molecule has 0 bridgehead atoms. The van der Waals surface area contributed by atoms with Crippen LogP contribution in [-0.2, 0) is 22.5 Å². The fourth-order valence-electron chi connectivity index (χ4n) is 3.30. The lowest BCUT2D eigenvalue weighted by Gasteiger charge is -2.13. The zero-order chi connectivity index (χ0) is 22.7. The Kier molecular flexibility index (Phi) is 6.66. The number of halogens is 2. The standard InChI is InChI=1S/C21H20Cl2N4O5/c1-2-30-18(28)12-31-15-7-3-4-8-16(15)32-20-14(23)11-13(22)19(24-20)27-21(29)26-10-6-5-9-17(26)25-27/h3-4,7-8,11H,2,5-6,9-10,12H2,1H3. The van der Waals surface area contributed by atoms with E-state index < -0.39 is 5.97 Å². The van der Waals surface area contributed by atoms with Gasteiger partial charge in [-0.05, 0) is 38.0 Å². The highest BCUT2D eigenvalue weighted by molar-refractivity contribution is 6.36. The quantitative estimate of drug-likeness (QED) is 0.476. The van der Waals surface area contributed by atoms with Crippen LogP contribution in [0.4, 0.5) is 0 Å². The molecule has 1 aliphatic rings. The molecule has 0 saturated carbocycles. The maximum atomic E-state index is 12.8. The van der Waals surface area contributed by atoms with Crippen LogP contribution < -0.4 is 15.2 Å². The average molecular weight is 479 g/mol. The van der Waals surface area contributed by atoms with E-state index in [1.54, 1.807) is 35.8 Å². The largest absolute Gasteiger partial charge is 0.478 e. The smallest absolute Gasteiger partial charge is 0.352 e. The van der Waals surface area contributed by atoms with Crippen molar-refractivity contribution in [1.29, 1.82) is 0 Å². The lowest BCUT2D eigenvalue weighted by molar-refractivity contribution is -0.145. The van der Waals surface area contributed by atoms with Crippen LogP contribution in [0.5, 0.6) is 17.4 Å². The summed E-state index contributed by atoms with van der Waals surface area (Å²) in [4.78, 5) is 28.8. The van der Waals surface area contributed by atoms with Crippen molar-refractivity contribution in [3.05, 3.63) is 56.7 Å². The van der Waals surface area contributed by atoms with E-state index in [1.807, 2.05) is 0 Å². The number of nitrogens with zero attached hydrogens (tertiary/aromatic N) is 4. The first-order chi connectivity index (χ1) is 15.5. The molecule has 9 nitrogen and oxygen atoms in total. The van der Waals surface area contributed by atoms with E-state index in [1.165, 1.54) is 6.07 Å². The van der Waals surface area contributed by atoms with Crippen molar-refractivity contribution in [2.45, 2.75) is 32.7 Å². The Morgan fingerprint density at radius 3 is 2.69 bits per heavy atom. The number of pyridine rings is 1. The summed E-state index contributed by atoms with van der Waals surface area (Å²) in [7, 11) is 0. The maximum absolute atomic E-state index is 12.8. The van der Waals surface area contributed by atoms with Gasteiger partial charge in [-0.3, -0.25) is 4.57 Å². The van der Waals surface area contributed by atoms with Crippen LogP contribution in [0.25, 0.3) is 5.82 Å². The van der Waals surface area contributed by atoms with Gasteiger partial charge in [0.05, 0.1) is 11.6 Å². The number of rotatable bonds is 7. The summed E-state index contributed by atoms with van der Waals surface area (Å²) in [6, 6.07) is 8.16. The number of aromatic nitrogens is 4. The van der Waals surface area contributed by atoms with Gasteiger partial charge in [0.1, 0.15) is 10.8 Å². The molecular formula is C21H20Cl2N4O5. The highest BCUT2D eigenvalue weighted by Crippen LogP contribution is 2.36. The second-order valence-corrected chi connectivity index (χ2v) is 7.76. The van der Waals surface area contributed by atoms with Crippen LogP contribution in [0.2, 0.25) is 10.0 Å². The molecule has 2 aromatic heterocycles. The number of carbonyl (C=O) groups excluding carboxylic acids is 1. The summed E-state index contributed by atoms with van der Waals surface area (Å²) < 4.78 is 19.0. The minimum atomic E-state index is -0.504.